The molecule has 0 unspecified atom stereocenters. The van der Waals surface area contributed by atoms with Gasteiger partial charge in [-0.25, -0.2) is 0 Å². The molecule has 0 aliphatic rings. The van der Waals surface area contributed by atoms with E-state index in [-0.39, 0.29) is 12.5 Å². The van der Waals surface area contributed by atoms with E-state index in [0.717, 1.165) is 27.7 Å². The van der Waals surface area contributed by atoms with E-state index in [1.165, 1.54) is 0 Å². The molecular formula is C24H22ClN3O2. The Morgan fingerprint density at radius 2 is 1.83 bits per heavy atom. The number of fused-ring (bicyclic) bond motifs is 1. The first-order valence-corrected chi connectivity index (χ1v) is 10.1. The van der Waals surface area contributed by atoms with Gasteiger partial charge in [0.1, 0.15) is 5.75 Å². The highest BCUT2D eigenvalue weighted by molar-refractivity contribution is 6.30. The maximum absolute atomic E-state index is 12.5. The molecule has 3 aromatic carbocycles. The highest BCUT2D eigenvalue weighted by Gasteiger charge is 2.15. The van der Waals surface area contributed by atoms with Crippen LogP contribution in [0.5, 0.6) is 5.75 Å². The quantitative estimate of drug-likeness (QED) is 0.457. The van der Waals surface area contributed by atoms with E-state index >= 15 is 0 Å². The molecule has 0 bridgehead atoms. The molecule has 0 fully saturated rings. The lowest BCUT2D eigenvalue weighted by Crippen LogP contribution is -2.21. The molecule has 6 heteroatoms. The fourth-order valence-electron chi connectivity index (χ4n) is 3.42. The highest BCUT2D eigenvalue weighted by Crippen LogP contribution is 2.23. The number of aryl methyl sites for hydroxylation is 1. The molecule has 4 rings (SSSR count). The van der Waals surface area contributed by atoms with E-state index in [1.807, 2.05) is 85.3 Å². The van der Waals surface area contributed by atoms with Crippen molar-refractivity contribution in [2.45, 2.75) is 20.4 Å². The summed E-state index contributed by atoms with van der Waals surface area (Å²) in [5.41, 5.74) is 3.40. The van der Waals surface area contributed by atoms with Crippen LogP contribution in [-0.4, -0.2) is 22.3 Å². The zero-order valence-corrected chi connectivity index (χ0v) is 17.6. The normalized spacial score (nSPS) is 10.9. The van der Waals surface area contributed by atoms with Crippen molar-refractivity contribution in [3.05, 3.63) is 88.7 Å². The minimum absolute atomic E-state index is 0.0727. The molecule has 1 amide bonds. The predicted octanol–water partition coefficient (Wildman–Crippen LogP) is 5.37. The summed E-state index contributed by atoms with van der Waals surface area (Å²) < 4.78 is 7.55. The number of carbonyl (C=O) groups is 1. The zero-order chi connectivity index (χ0) is 21.1. The van der Waals surface area contributed by atoms with Gasteiger partial charge in [0.25, 0.3) is 5.91 Å². The van der Waals surface area contributed by atoms with E-state index < -0.39 is 0 Å². The topological polar surface area (TPSA) is 56.2 Å². The number of nitrogens with one attached hydrogen (secondary N) is 1. The number of rotatable bonds is 6. The van der Waals surface area contributed by atoms with Crippen molar-refractivity contribution in [3.8, 4) is 5.75 Å². The minimum atomic E-state index is -0.225. The van der Waals surface area contributed by atoms with Crippen LogP contribution in [0.25, 0.3) is 10.8 Å². The molecule has 0 aliphatic carbocycles. The summed E-state index contributed by atoms with van der Waals surface area (Å²) in [6, 6.07) is 21.5. The van der Waals surface area contributed by atoms with E-state index in [0.29, 0.717) is 23.0 Å². The molecule has 5 nitrogen and oxygen atoms in total. The maximum Gasteiger partial charge on any atom is 0.262 e. The van der Waals surface area contributed by atoms with Crippen LogP contribution < -0.4 is 10.1 Å². The lowest BCUT2D eigenvalue weighted by Gasteiger charge is -2.09. The lowest BCUT2D eigenvalue weighted by molar-refractivity contribution is -0.118. The van der Waals surface area contributed by atoms with Gasteiger partial charge in [0.05, 0.1) is 23.6 Å². The maximum atomic E-state index is 12.5. The predicted molar refractivity (Wildman–Crippen MR) is 120 cm³/mol. The Morgan fingerprint density at radius 1 is 1.03 bits per heavy atom. The van der Waals surface area contributed by atoms with Crippen LogP contribution in [0.2, 0.25) is 5.02 Å². The van der Waals surface area contributed by atoms with Crippen molar-refractivity contribution in [2.24, 2.45) is 0 Å². The van der Waals surface area contributed by atoms with Crippen LogP contribution in [0.1, 0.15) is 17.0 Å². The van der Waals surface area contributed by atoms with Gasteiger partial charge in [-0.3, -0.25) is 9.48 Å². The first-order chi connectivity index (χ1) is 14.5. The Bertz CT molecular complexity index is 1220. The Labute approximate surface area is 180 Å². The van der Waals surface area contributed by atoms with Crippen LogP contribution in [0, 0.1) is 13.8 Å². The van der Waals surface area contributed by atoms with E-state index in [1.54, 1.807) is 0 Å². The third-order valence-electron chi connectivity index (χ3n) is 4.96. The lowest BCUT2D eigenvalue weighted by atomic mass is 10.1. The average Bonchev–Trinajstić information content (AvgIpc) is 2.99. The van der Waals surface area contributed by atoms with Crippen molar-refractivity contribution in [3.63, 3.8) is 0 Å². The SMILES string of the molecule is Cc1nn(Cc2cccc(Cl)c2)c(C)c1NC(=O)COc1ccc2ccccc2c1. The fraction of sp³-hybridized carbons (Fsp3) is 0.167. The zero-order valence-electron chi connectivity index (χ0n) is 16.9. The standard InChI is InChI=1S/C24H22ClN3O2/c1-16-24(17(2)28(27-16)14-18-6-5-9-21(25)12-18)26-23(29)15-30-22-11-10-19-7-3-4-8-20(19)13-22/h3-13H,14-15H2,1-2H3,(H,26,29). The molecule has 30 heavy (non-hydrogen) atoms. The van der Waals surface area contributed by atoms with Crippen LogP contribution in [0.3, 0.4) is 0 Å². The highest BCUT2D eigenvalue weighted by atomic mass is 35.5. The van der Waals surface area contributed by atoms with Gasteiger partial charge < -0.3 is 10.1 Å². The monoisotopic (exact) mass is 419 g/mol. The van der Waals surface area contributed by atoms with Gasteiger partial charge >= 0.3 is 0 Å². The molecule has 1 N–H and O–H groups in total. The van der Waals surface area contributed by atoms with Gasteiger partial charge in [-0.05, 0) is 54.4 Å². The van der Waals surface area contributed by atoms with Gasteiger partial charge in [-0.1, -0.05) is 54.1 Å². The van der Waals surface area contributed by atoms with Crippen molar-refractivity contribution in [2.75, 3.05) is 11.9 Å². The minimum Gasteiger partial charge on any atom is -0.484 e. The van der Waals surface area contributed by atoms with Gasteiger partial charge in [0.15, 0.2) is 6.61 Å². The summed E-state index contributed by atoms with van der Waals surface area (Å²) in [6.45, 7) is 4.32. The molecule has 4 aromatic rings. The second-order valence-corrected chi connectivity index (χ2v) is 7.62. The summed E-state index contributed by atoms with van der Waals surface area (Å²) in [5, 5.41) is 10.4. The second-order valence-electron chi connectivity index (χ2n) is 7.18. The number of anilines is 1. The first kappa shape index (κ1) is 20.0. The molecule has 152 valence electrons. The number of aromatic nitrogens is 2. The number of hydrogen-bond acceptors (Lipinski definition) is 3. The fourth-order valence-corrected chi connectivity index (χ4v) is 3.63. The Hall–Kier alpha value is -3.31. The summed E-state index contributed by atoms with van der Waals surface area (Å²) >= 11 is 6.07. The summed E-state index contributed by atoms with van der Waals surface area (Å²) in [5.74, 6) is 0.436. The number of hydrogen-bond donors (Lipinski definition) is 1. The molecule has 1 heterocycles. The van der Waals surface area contributed by atoms with Crippen LogP contribution in [0.15, 0.2) is 66.7 Å². The van der Waals surface area contributed by atoms with Gasteiger partial charge in [0, 0.05) is 5.02 Å². The molecule has 0 aliphatic heterocycles. The van der Waals surface area contributed by atoms with E-state index in [2.05, 4.69) is 10.4 Å². The molecule has 0 saturated heterocycles. The number of amides is 1. The Balaban J connectivity index is 1.41. The van der Waals surface area contributed by atoms with Gasteiger partial charge in [-0.2, -0.15) is 5.10 Å². The van der Waals surface area contributed by atoms with Gasteiger partial charge in [-0.15, -0.1) is 0 Å². The third-order valence-corrected chi connectivity index (χ3v) is 5.19. The molecule has 0 saturated carbocycles. The number of halogens is 1. The number of carbonyl (C=O) groups excluding carboxylic acids is 1. The van der Waals surface area contributed by atoms with Gasteiger partial charge in [0.2, 0.25) is 0 Å². The van der Waals surface area contributed by atoms with Crippen molar-refractivity contribution in [1.82, 2.24) is 9.78 Å². The third kappa shape index (κ3) is 4.47. The van der Waals surface area contributed by atoms with Crippen molar-refractivity contribution < 1.29 is 9.53 Å². The van der Waals surface area contributed by atoms with Crippen LogP contribution in [-0.2, 0) is 11.3 Å². The Kier molecular flexibility index (Phi) is 5.72. The average molecular weight is 420 g/mol. The molecule has 0 spiro atoms. The number of benzene rings is 3. The largest absolute Gasteiger partial charge is 0.484 e. The number of nitrogens with zero attached hydrogens (tertiary/aromatic N) is 2. The van der Waals surface area contributed by atoms with Crippen molar-refractivity contribution >= 4 is 34.0 Å². The second kappa shape index (κ2) is 8.59. The molecular weight excluding hydrogens is 398 g/mol. The smallest absolute Gasteiger partial charge is 0.262 e. The molecule has 0 atom stereocenters. The van der Waals surface area contributed by atoms with Crippen LogP contribution in [0.4, 0.5) is 5.69 Å². The Morgan fingerprint density at radius 3 is 2.63 bits per heavy atom. The van der Waals surface area contributed by atoms with E-state index in [9.17, 15) is 4.79 Å². The van der Waals surface area contributed by atoms with Crippen molar-refractivity contribution in [1.29, 1.82) is 0 Å². The summed E-state index contributed by atoms with van der Waals surface area (Å²) in [4.78, 5) is 12.5. The first-order valence-electron chi connectivity index (χ1n) is 9.69. The van der Waals surface area contributed by atoms with Crippen LogP contribution >= 0.6 is 11.6 Å². The van der Waals surface area contributed by atoms with E-state index in [4.69, 9.17) is 16.3 Å². The summed E-state index contributed by atoms with van der Waals surface area (Å²) in [7, 11) is 0. The summed E-state index contributed by atoms with van der Waals surface area (Å²) in [6.07, 6.45) is 0. The molecule has 0 radical (unpaired) electrons. The number of ether oxygens (including phenoxy) is 1. The molecule has 1 aromatic heterocycles.